The average molecular weight is 433 g/mol. The van der Waals surface area contributed by atoms with Crippen LogP contribution in [0.15, 0.2) is 42.5 Å². The number of amides is 1. The van der Waals surface area contributed by atoms with Crippen LogP contribution >= 0.6 is 0 Å². The van der Waals surface area contributed by atoms with Crippen LogP contribution in [0.4, 0.5) is 19.0 Å². The van der Waals surface area contributed by atoms with Gasteiger partial charge in [0.25, 0.3) is 5.91 Å². The lowest BCUT2D eigenvalue weighted by Crippen LogP contribution is -2.18. The number of benzene rings is 2. The molecule has 30 heavy (non-hydrogen) atoms. The van der Waals surface area contributed by atoms with Gasteiger partial charge in [0.15, 0.2) is 0 Å². The number of alkyl halides is 3. The first-order chi connectivity index (χ1) is 14.1. The number of carbonyl (C=O) groups excluding carboxylic acids is 1. The van der Waals surface area contributed by atoms with E-state index in [-0.39, 0.29) is 17.1 Å². The van der Waals surface area contributed by atoms with Crippen molar-refractivity contribution < 1.29 is 22.2 Å². The predicted octanol–water partition coefficient (Wildman–Crippen LogP) is 4.52. The molecule has 1 aromatic heterocycles. The van der Waals surface area contributed by atoms with E-state index >= 15 is 0 Å². The van der Waals surface area contributed by atoms with Gasteiger partial charge in [-0.05, 0) is 49.2 Å². The van der Waals surface area contributed by atoms with E-state index in [9.17, 15) is 22.2 Å². The van der Waals surface area contributed by atoms with Crippen molar-refractivity contribution in [3.05, 3.63) is 76.0 Å². The van der Waals surface area contributed by atoms with Gasteiger partial charge >= 0.3 is 6.18 Å². The molecule has 2 heterocycles. The maximum absolute atomic E-state index is 13.0. The van der Waals surface area contributed by atoms with Crippen molar-refractivity contribution in [2.24, 2.45) is 0 Å². The first-order valence-electron chi connectivity index (χ1n) is 9.16. The molecule has 1 N–H and O–H groups in total. The fourth-order valence-corrected chi connectivity index (χ4v) is 4.68. The molecule has 0 saturated carbocycles. The number of halogens is 3. The van der Waals surface area contributed by atoms with Gasteiger partial charge in [0.05, 0.1) is 28.5 Å². The van der Waals surface area contributed by atoms with Crippen molar-refractivity contribution in [1.82, 2.24) is 9.78 Å². The molecule has 0 fully saturated rings. The molecule has 3 aromatic rings. The zero-order chi connectivity index (χ0) is 21.6. The van der Waals surface area contributed by atoms with Gasteiger partial charge in [-0.3, -0.25) is 9.00 Å². The Morgan fingerprint density at radius 3 is 2.60 bits per heavy atom. The van der Waals surface area contributed by atoms with Crippen LogP contribution in [0.25, 0.3) is 5.69 Å². The summed E-state index contributed by atoms with van der Waals surface area (Å²) in [7, 11) is -1.12. The van der Waals surface area contributed by atoms with Crippen molar-refractivity contribution in [2.75, 3.05) is 5.32 Å². The third-order valence-electron chi connectivity index (χ3n) is 5.16. The Labute approximate surface area is 173 Å². The molecule has 1 aliphatic rings. The van der Waals surface area contributed by atoms with Gasteiger partial charge in [-0.1, -0.05) is 18.2 Å². The van der Waals surface area contributed by atoms with E-state index in [4.69, 9.17) is 0 Å². The third-order valence-corrected chi connectivity index (χ3v) is 6.36. The van der Waals surface area contributed by atoms with Crippen molar-refractivity contribution in [3.8, 4) is 5.69 Å². The number of hydrogen-bond donors (Lipinski definition) is 1. The summed E-state index contributed by atoms with van der Waals surface area (Å²) in [6.07, 6.45) is -4.55. The zero-order valence-electron chi connectivity index (χ0n) is 16.2. The standard InChI is InChI=1S/C21H18F3N3O2S/c1-12-5-3-8-18(13(12)2)27-19(16-10-30(29)11-17(16)26-27)25-20(28)14-6-4-7-15(9-14)21(22,23)24/h3-9H,10-11H2,1-2H3,(H,25,28). The summed E-state index contributed by atoms with van der Waals surface area (Å²) in [5, 5.41) is 7.26. The number of hydrogen-bond acceptors (Lipinski definition) is 3. The second-order valence-electron chi connectivity index (χ2n) is 7.17. The minimum absolute atomic E-state index is 0.119. The Hall–Kier alpha value is -2.94. The maximum Gasteiger partial charge on any atom is 0.416 e. The van der Waals surface area contributed by atoms with Crippen LogP contribution in [0.3, 0.4) is 0 Å². The molecule has 0 radical (unpaired) electrons. The fourth-order valence-electron chi connectivity index (χ4n) is 3.41. The van der Waals surface area contributed by atoms with E-state index in [1.807, 2.05) is 32.0 Å². The summed E-state index contributed by atoms with van der Waals surface area (Å²) >= 11 is 0. The normalized spacial score (nSPS) is 15.8. The molecular weight excluding hydrogens is 415 g/mol. The van der Waals surface area contributed by atoms with Gasteiger partial charge < -0.3 is 5.32 Å². The lowest BCUT2D eigenvalue weighted by Gasteiger charge is -2.14. The molecule has 5 nitrogen and oxygen atoms in total. The highest BCUT2D eigenvalue weighted by molar-refractivity contribution is 7.83. The molecule has 4 rings (SSSR count). The zero-order valence-corrected chi connectivity index (χ0v) is 17.0. The summed E-state index contributed by atoms with van der Waals surface area (Å²) in [4.78, 5) is 12.8. The van der Waals surface area contributed by atoms with Crippen molar-refractivity contribution in [2.45, 2.75) is 31.5 Å². The third kappa shape index (κ3) is 3.65. The van der Waals surface area contributed by atoms with Crippen LogP contribution in [0.5, 0.6) is 0 Å². The second-order valence-corrected chi connectivity index (χ2v) is 8.62. The maximum atomic E-state index is 13.0. The van der Waals surface area contributed by atoms with E-state index in [1.54, 1.807) is 4.68 Å². The van der Waals surface area contributed by atoms with Gasteiger partial charge in [0.2, 0.25) is 0 Å². The predicted molar refractivity (Wildman–Crippen MR) is 108 cm³/mol. The fraction of sp³-hybridized carbons (Fsp3) is 0.238. The number of aryl methyl sites for hydroxylation is 1. The smallest absolute Gasteiger partial charge is 0.306 e. The summed E-state index contributed by atoms with van der Waals surface area (Å²) in [5.74, 6) is 0.165. The number of aromatic nitrogens is 2. The van der Waals surface area contributed by atoms with E-state index in [0.29, 0.717) is 17.1 Å². The van der Waals surface area contributed by atoms with Crippen LogP contribution in [-0.4, -0.2) is 19.9 Å². The van der Waals surface area contributed by atoms with Crippen LogP contribution < -0.4 is 5.32 Å². The molecule has 1 amide bonds. The van der Waals surface area contributed by atoms with E-state index < -0.39 is 28.4 Å². The lowest BCUT2D eigenvalue weighted by molar-refractivity contribution is -0.137. The van der Waals surface area contributed by atoms with E-state index in [0.717, 1.165) is 28.9 Å². The molecular formula is C21H18F3N3O2S. The van der Waals surface area contributed by atoms with Crippen molar-refractivity contribution in [1.29, 1.82) is 0 Å². The van der Waals surface area contributed by atoms with Crippen LogP contribution in [0, 0.1) is 13.8 Å². The number of anilines is 1. The van der Waals surface area contributed by atoms with Crippen molar-refractivity contribution >= 4 is 22.5 Å². The minimum atomic E-state index is -4.55. The quantitative estimate of drug-likeness (QED) is 0.661. The van der Waals surface area contributed by atoms with Crippen molar-refractivity contribution in [3.63, 3.8) is 0 Å². The lowest BCUT2D eigenvalue weighted by atomic mass is 10.1. The Morgan fingerprint density at radius 2 is 1.87 bits per heavy atom. The summed E-state index contributed by atoms with van der Waals surface area (Å²) in [6.45, 7) is 3.87. The van der Waals surface area contributed by atoms with Gasteiger partial charge in [0.1, 0.15) is 5.82 Å². The van der Waals surface area contributed by atoms with Gasteiger partial charge in [-0.15, -0.1) is 0 Å². The second kappa shape index (κ2) is 7.39. The van der Waals surface area contributed by atoms with Gasteiger partial charge in [-0.25, -0.2) is 4.68 Å². The van der Waals surface area contributed by atoms with Crippen LogP contribution in [0.1, 0.15) is 38.3 Å². The largest absolute Gasteiger partial charge is 0.416 e. The van der Waals surface area contributed by atoms with E-state index in [1.165, 1.54) is 12.1 Å². The SMILES string of the molecule is Cc1cccc(-n2nc3c(c2NC(=O)c2cccc(C(F)(F)F)c2)CS(=O)C3)c1C. The Morgan fingerprint density at radius 1 is 1.13 bits per heavy atom. The van der Waals surface area contributed by atoms with Gasteiger partial charge in [-0.2, -0.15) is 18.3 Å². The highest BCUT2D eigenvalue weighted by Gasteiger charge is 2.32. The van der Waals surface area contributed by atoms with Crippen LogP contribution in [0.2, 0.25) is 0 Å². The summed E-state index contributed by atoms with van der Waals surface area (Å²) in [5.41, 5.74) is 2.98. The first kappa shape index (κ1) is 20.3. The molecule has 0 saturated heterocycles. The Bertz CT molecular complexity index is 1180. The summed E-state index contributed by atoms with van der Waals surface area (Å²) < 4.78 is 52.7. The number of fused-ring (bicyclic) bond motifs is 1. The first-order valence-corrected chi connectivity index (χ1v) is 10.6. The number of rotatable bonds is 3. The monoisotopic (exact) mass is 433 g/mol. The number of nitrogens with one attached hydrogen (secondary N) is 1. The number of nitrogens with zero attached hydrogens (tertiary/aromatic N) is 2. The molecule has 1 atom stereocenters. The van der Waals surface area contributed by atoms with E-state index in [2.05, 4.69) is 10.4 Å². The number of carbonyl (C=O) groups is 1. The minimum Gasteiger partial charge on any atom is -0.306 e. The molecule has 1 unspecified atom stereocenters. The molecule has 9 heteroatoms. The molecule has 156 valence electrons. The Kier molecular flexibility index (Phi) is 5.01. The van der Waals surface area contributed by atoms with Gasteiger partial charge in [0, 0.05) is 21.9 Å². The topological polar surface area (TPSA) is 64.0 Å². The molecule has 0 spiro atoms. The van der Waals surface area contributed by atoms with Crippen LogP contribution in [-0.2, 0) is 28.5 Å². The average Bonchev–Trinajstić information content (AvgIpc) is 3.20. The molecule has 0 aliphatic carbocycles. The molecule has 1 aliphatic heterocycles. The highest BCUT2D eigenvalue weighted by atomic mass is 32.2. The molecule has 2 aromatic carbocycles. The highest BCUT2D eigenvalue weighted by Crippen LogP contribution is 2.33. The Balaban J connectivity index is 1.77. The summed E-state index contributed by atoms with van der Waals surface area (Å²) in [6, 6.07) is 9.90. The molecule has 0 bridgehead atoms.